The Labute approximate surface area is 101 Å². The molecular weight excluding hydrogens is 225 g/mol. The number of benzene rings is 1. The van der Waals surface area contributed by atoms with Crippen molar-refractivity contribution in [3.63, 3.8) is 0 Å². The van der Waals surface area contributed by atoms with Gasteiger partial charge in [0.15, 0.2) is 0 Å². The molecular formula is C13H17ClFN. The molecule has 1 nitrogen and oxygen atoms in total. The monoisotopic (exact) mass is 241 g/mol. The van der Waals surface area contributed by atoms with E-state index in [1.54, 1.807) is 6.07 Å². The minimum atomic E-state index is -0.241. The zero-order chi connectivity index (χ0) is 11.5. The van der Waals surface area contributed by atoms with Gasteiger partial charge in [0.2, 0.25) is 0 Å². The van der Waals surface area contributed by atoms with E-state index >= 15 is 0 Å². The van der Waals surface area contributed by atoms with E-state index in [0.717, 1.165) is 31.5 Å². The smallest absolute Gasteiger partial charge is 0.145 e. The van der Waals surface area contributed by atoms with Gasteiger partial charge in [-0.2, -0.15) is 0 Å². The van der Waals surface area contributed by atoms with Crippen LogP contribution < -0.4 is 5.32 Å². The molecule has 1 saturated heterocycles. The number of hydrogen-bond acceptors (Lipinski definition) is 1. The van der Waals surface area contributed by atoms with Gasteiger partial charge >= 0.3 is 0 Å². The highest BCUT2D eigenvalue weighted by atomic mass is 35.5. The molecule has 88 valence electrons. The molecule has 0 radical (unpaired) electrons. The first kappa shape index (κ1) is 11.9. The molecule has 0 saturated carbocycles. The molecule has 0 spiro atoms. The molecule has 1 N–H and O–H groups in total. The lowest BCUT2D eigenvalue weighted by Gasteiger charge is -2.28. The van der Waals surface area contributed by atoms with Gasteiger partial charge in [-0.3, -0.25) is 0 Å². The predicted molar refractivity (Wildman–Crippen MR) is 65.4 cm³/mol. The standard InChI is InChI=1S/C13H17ClFN/c1-9(10-5-7-16-8-6-10)11-3-2-4-12(14)13(11)15/h2-4,9-10,16H,5-8H2,1H3. The van der Waals surface area contributed by atoms with Crippen LogP contribution >= 0.6 is 11.6 Å². The van der Waals surface area contributed by atoms with E-state index in [-0.39, 0.29) is 16.8 Å². The largest absolute Gasteiger partial charge is 0.317 e. The first-order valence-corrected chi connectivity index (χ1v) is 6.22. The van der Waals surface area contributed by atoms with Crippen molar-refractivity contribution in [1.29, 1.82) is 0 Å². The van der Waals surface area contributed by atoms with Gasteiger partial charge in [-0.1, -0.05) is 30.7 Å². The quantitative estimate of drug-likeness (QED) is 0.835. The summed E-state index contributed by atoms with van der Waals surface area (Å²) in [7, 11) is 0. The van der Waals surface area contributed by atoms with Crippen molar-refractivity contribution in [2.75, 3.05) is 13.1 Å². The molecule has 1 aliphatic heterocycles. The normalized spacial score (nSPS) is 19.7. The van der Waals surface area contributed by atoms with Crippen molar-refractivity contribution in [3.05, 3.63) is 34.6 Å². The maximum atomic E-state index is 13.9. The van der Waals surface area contributed by atoms with Crippen LogP contribution in [-0.2, 0) is 0 Å². The Morgan fingerprint density at radius 2 is 2.06 bits per heavy atom. The van der Waals surface area contributed by atoms with Crippen LogP contribution in [-0.4, -0.2) is 13.1 Å². The average Bonchev–Trinajstić information content (AvgIpc) is 2.33. The van der Waals surface area contributed by atoms with Crippen molar-refractivity contribution >= 4 is 11.6 Å². The molecule has 3 heteroatoms. The van der Waals surface area contributed by atoms with E-state index in [9.17, 15) is 4.39 Å². The SMILES string of the molecule is CC(c1cccc(Cl)c1F)C1CCNCC1. The predicted octanol–water partition coefficient (Wildman–Crippen LogP) is 3.58. The van der Waals surface area contributed by atoms with Gasteiger partial charge in [-0.15, -0.1) is 0 Å². The maximum absolute atomic E-state index is 13.9. The highest BCUT2D eigenvalue weighted by molar-refractivity contribution is 6.30. The molecule has 1 aromatic rings. The topological polar surface area (TPSA) is 12.0 Å². The summed E-state index contributed by atoms with van der Waals surface area (Å²) in [6, 6.07) is 5.29. The number of rotatable bonds is 2. The molecule has 1 aromatic carbocycles. The van der Waals surface area contributed by atoms with E-state index in [1.165, 1.54) is 0 Å². The summed E-state index contributed by atoms with van der Waals surface area (Å²) in [5, 5.41) is 3.56. The third kappa shape index (κ3) is 2.38. The van der Waals surface area contributed by atoms with Crippen molar-refractivity contribution in [2.45, 2.75) is 25.7 Å². The van der Waals surface area contributed by atoms with Crippen LogP contribution in [0.2, 0.25) is 5.02 Å². The minimum Gasteiger partial charge on any atom is -0.317 e. The van der Waals surface area contributed by atoms with Crippen molar-refractivity contribution in [2.24, 2.45) is 5.92 Å². The molecule has 0 aliphatic carbocycles. The third-order valence-corrected chi connectivity index (χ3v) is 3.85. The summed E-state index contributed by atoms with van der Waals surface area (Å²) in [5.74, 6) is 0.574. The Balaban J connectivity index is 2.19. The molecule has 1 aliphatic rings. The Bertz CT molecular complexity index is 361. The van der Waals surface area contributed by atoms with Crippen LogP contribution in [0, 0.1) is 11.7 Å². The lowest BCUT2D eigenvalue weighted by atomic mass is 9.81. The lowest BCUT2D eigenvalue weighted by molar-refractivity contribution is 0.325. The Kier molecular flexibility index (Phi) is 3.82. The molecule has 1 heterocycles. The second kappa shape index (κ2) is 5.15. The molecule has 0 bridgehead atoms. The summed E-state index contributed by atoms with van der Waals surface area (Å²) < 4.78 is 13.9. The van der Waals surface area contributed by atoms with Crippen molar-refractivity contribution in [3.8, 4) is 0 Å². The fourth-order valence-electron chi connectivity index (χ4n) is 2.47. The summed E-state index contributed by atoms with van der Waals surface area (Å²) >= 11 is 5.81. The van der Waals surface area contributed by atoms with E-state index in [4.69, 9.17) is 11.6 Å². The lowest BCUT2D eigenvalue weighted by Crippen LogP contribution is -2.30. The van der Waals surface area contributed by atoms with Gasteiger partial charge in [-0.25, -0.2) is 4.39 Å². The second-order valence-corrected chi connectivity index (χ2v) is 4.93. The van der Waals surface area contributed by atoms with Gasteiger partial charge in [-0.05, 0) is 49.4 Å². The summed E-state index contributed by atoms with van der Waals surface area (Å²) in [5.41, 5.74) is 0.763. The van der Waals surface area contributed by atoms with E-state index in [0.29, 0.717) is 5.92 Å². The highest BCUT2D eigenvalue weighted by Gasteiger charge is 2.23. The fraction of sp³-hybridized carbons (Fsp3) is 0.538. The number of hydrogen-bond donors (Lipinski definition) is 1. The number of piperidine rings is 1. The van der Waals surface area contributed by atoms with E-state index in [2.05, 4.69) is 12.2 Å². The zero-order valence-corrected chi connectivity index (χ0v) is 10.2. The molecule has 0 aromatic heterocycles. The first-order valence-electron chi connectivity index (χ1n) is 5.84. The van der Waals surface area contributed by atoms with Gasteiger partial charge < -0.3 is 5.32 Å². The van der Waals surface area contributed by atoms with Gasteiger partial charge in [0.25, 0.3) is 0 Å². The number of nitrogens with one attached hydrogen (secondary N) is 1. The van der Waals surface area contributed by atoms with Gasteiger partial charge in [0, 0.05) is 0 Å². The van der Waals surface area contributed by atoms with E-state index in [1.807, 2.05) is 12.1 Å². The Hall–Kier alpha value is -0.600. The fourth-order valence-corrected chi connectivity index (χ4v) is 2.65. The van der Waals surface area contributed by atoms with E-state index < -0.39 is 0 Å². The summed E-state index contributed by atoms with van der Waals surface area (Å²) in [6.07, 6.45) is 2.24. The van der Waals surface area contributed by atoms with Gasteiger partial charge in [0.05, 0.1) is 5.02 Å². The van der Waals surface area contributed by atoms with Crippen LogP contribution in [0.5, 0.6) is 0 Å². The van der Waals surface area contributed by atoms with Crippen molar-refractivity contribution in [1.82, 2.24) is 5.32 Å². The van der Waals surface area contributed by atoms with Crippen LogP contribution in [0.25, 0.3) is 0 Å². The second-order valence-electron chi connectivity index (χ2n) is 4.52. The van der Waals surface area contributed by atoms with Crippen LogP contribution in [0.3, 0.4) is 0 Å². The molecule has 1 unspecified atom stereocenters. The Morgan fingerprint density at radius 1 is 1.38 bits per heavy atom. The molecule has 1 atom stereocenters. The molecule has 1 fully saturated rings. The third-order valence-electron chi connectivity index (χ3n) is 3.56. The summed E-state index contributed by atoms with van der Waals surface area (Å²) in [6.45, 7) is 4.18. The summed E-state index contributed by atoms with van der Waals surface area (Å²) in [4.78, 5) is 0. The Morgan fingerprint density at radius 3 is 2.75 bits per heavy atom. The molecule has 16 heavy (non-hydrogen) atoms. The van der Waals surface area contributed by atoms with Crippen molar-refractivity contribution < 1.29 is 4.39 Å². The number of halogens is 2. The first-order chi connectivity index (χ1) is 7.70. The van der Waals surface area contributed by atoms with Crippen LogP contribution in [0.15, 0.2) is 18.2 Å². The zero-order valence-electron chi connectivity index (χ0n) is 9.47. The van der Waals surface area contributed by atoms with Crippen LogP contribution in [0.1, 0.15) is 31.2 Å². The maximum Gasteiger partial charge on any atom is 0.145 e. The highest BCUT2D eigenvalue weighted by Crippen LogP contribution is 2.33. The average molecular weight is 242 g/mol. The molecule has 0 amide bonds. The van der Waals surface area contributed by atoms with Crippen LogP contribution in [0.4, 0.5) is 4.39 Å². The molecule has 2 rings (SSSR count). The minimum absolute atomic E-state index is 0.235. The van der Waals surface area contributed by atoms with Gasteiger partial charge in [0.1, 0.15) is 5.82 Å².